The monoisotopic (exact) mass is 380 g/mol. The topological polar surface area (TPSA) is 71.8 Å². The van der Waals surface area contributed by atoms with Gasteiger partial charge < -0.3 is 19.4 Å². The van der Waals surface area contributed by atoms with E-state index >= 15 is 0 Å². The minimum Gasteiger partial charge on any atom is -0.490 e. The number of amides is 1. The first-order chi connectivity index (χ1) is 13.6. The van der Waals surface area contributed by atoms with Crippen molar-refractivity contribution in [3.8, 4) is 5.75 Å². The number of hydrogen-bond acceptors (Lipinski definition) is 5. The Bertz CT molecular complexity index is 1010. The summed E-state index contributed by atoms with van der Waals surface area (Å²) in [5, 5.41) is 3.45. The molecule has 3 rings (SSSR count). The first-order valence-corrected chi connectivity index (χ1v) is 9.40. The number of carbonyl (C=O) groups is 1. The summed E-state index contributed by atoms with van der Waals surface area (Å²) in [5.74, 6) is 0.0347. The van der Waals surface area contributed by atoms with Crippen molar-refractivity contribution in [2.75, 3.05) is 31.6 Å². The zero-order valence-corrected chi connectivity index (χ0v) is 16.1. The Morgan fingerprint density at radius 1 is 1.07 bits per heavy atom. The molecule has 1 aromatic heterocycles. The maximum absolute atomic E-state index is 12.7. The molecule has 6 heteroatoms. The molecular formula is C22H24N2O4. The number of ether oxygens (including phenoxy) is 1. The molecule has 0 fully saturated rings. The fourth-order valence-corrected chi connectivity index (χ4v) is 2.93. The van der Waals surface area contributed by atoms with Crippen molar-refractivity contribution < 1.29 is 13.9 Å². The molecule has 0 aliphatic heterocycles. The number of fused-ring (bicyclic) bond motifs is 1. The van der Waals surface area contributed by atoms with Gasteiger partial charge in [0.15, 0.2) is 0 Å². The van der Waals surface area contributed by atoms with Gasteiger partial charge in [-0.3, -0.25) is 4.79 Å². The van der Waals surface area contributed by atoms with Crippen LogP contribution in [0.1, 0.15) is 24.2 Å². The molecule has 0 spiro atoms. The van der Waals surface area contributed by atoms with E-state index in [1.54, 1.807) is 42.5 Å². The van der Waals surface area contributed by atoms with Gasteiger partial charge in [-0.05, 0) is 37.4 Å². The number of para-hydroxylation sites is 3. The highest BCUT2D eigenvalue weighted by atomic mass is 16.5. The molecule has 2 aromatic carbocycles. The van der Waals surface area contributed by atoms with Crippen molar-refractivity contribution >= 4 is 22.6 Å². The molecule has 0 aliphatic carbocycles. The molecule has 0 unspecified atom stereocenters. The highest BCUT2D eigenvalue weighted by Crippen LogP contribution is 2.24. The lowest BCUT2D eigenvalue weighted by molar-refractivity contribution is 0.102. The molecule has 0 radical (unpaired) electrons. The predicted molar refractivity (Wildman–Crippen MR) is 110 cm³/mol. The minimum atomic E-state index is -0.670. The van der Waals surface area contributed by atoms with Crippen molar-refractivity contribution in [3.63, 3.8) is 0 Å². The summed E-state index contributed by atoms with van der Waals surface area (Å²) in [7, 11) is 0. The van der Waals surface area contributed by atoms with Crippen LogP contribution >= 0.6 is 0 Å². The number of hydrogen-bond donors (Lipinski definition) is 1. The zero-order valence-electron chi connectivity index (χ0n) is 16.1. The highest BCUT2D eigenvalue weighted by Gasteiger charge is 2.15. The van der Waals surface area contributed by atoms with Crippen LogP contribution in [0, 0.1) is 0 Å². The molecule has 0 saturated carbocycles. The second kappa shape index (κ2) is 9.19. The molecular weight excluding hydrogens is 356 g/mol. The van der Waals surface area contributed by atoms with E-state index in [-0.39, 0.29) is 5.56 Å². The standard InChI is InChI=1S/C22H24N2O4/c1-3-24(4-2)13-14-27-20-12-8-6-10-18(20)23-21(25)17-15-16-9-5-7-11-19(16)28-22(17)26/h5-12,15H,3-4,13-14H2,1-2H3,(H,23,25). The maximum Gasteiger partial charge on any atom is 0.349 e. The van der Waals surface area contributed by atoms with Gasteiger partial charge in [-0.1, -0.05) is 44.2 Å². The summed E-state index contributed by atoms with van der Waals surface area (Å²) in [6, 6.07) is 15.8. The van der Waals surface area contributed by atoms with E-state index in [4.69, 9.17) is 9.15 Å². The number of carbonyl (C=O) groups excluding carboxylic acids is 1. The molecule has 1 N–H and O–H groups in total. The van der Waals surface area contributed by atoms with Crippen molar-refractivity contribution in [2.24, 2.45) is 0 Å². The molecule has 6 nitrogen and oxygen atoms in total. The van der Waals surface area contributed by atoms with E-state index in [9.17, 15) is 9.59 Å². The first kappa shape index (κ1) is 19.6. The van der Waals surface area contributed by atoms with Crippen molar-refractivity contribution in [1.82, 2.24) is 4.90 Å². The number of anilines is 1. The van der Waals surface area contributed by atoms with Gasteiger partial charge in [0.25, 0.3) is 5.91 Å². The number of nitrogens with zero attached hydrogens (tertiary/aromatic N) is 1. The molecule has 0 saturated heterocycles. The van der Waals surface area contributed by atoms with E-state index < -0.39 is 11.5 Å². The Morgan fingerprint density at radius 3 is 2.57 bits per heavy atom. The molecule has 0 aliphatic rings. The molecule has 0 bridgehead atoms. The Kier molecular flexibility index (Phi) is 6.45. The highest BCUT2D eigenvalue weighted by molar-refractivity contribution is 6.06. The number of nitrogens with one attached hydrogen (secondary N) is 1. The van der Waals surface area contributed by atoms with Crippen molar-refractivity contribution in [2.45, 2.75) is 13.8 Å². The van der Waals surface area contributed by atoms with Crippen LogP contribution in [-0.4, -0.2) is 37.0 Å². The molecule has 3 aromatic rings. The smallest absolute Gasteiger partial charge is 0.349 e. The third kappa shape index (κ3) is 4.58. The lowest BCUT2D eigenvalue weighted by Crippen LogP contribution is -2.28. The summed E-state index contributed by atoms with van der Waals surface area (Å²) < 4.78 is 11.1. The maximum atomic E-state index is 12.7. The Balaban J connectivity index is 1.76. The molecule has 28 heavy (non-hydrogen) atoms. The summed E-state index contributed by atoms with van der Waals surface area (Å²) in [6.45, 7) is 7.42. The second-order valence-electron chi connectivity index (χ2n) is 6.31. The quantitative estimate of drug-likeness (QED) is 0.603. The van der Waals surface area contributed by atoms with Crippen LogP contribution in [0.3, 0.4) is 0 Å². The Hall–Kier alpha value is -3.12. The first-order valence-electron chi connectivity index (χ1n) is 9.40. The number of likely N-dealkylation sites (N-methyl/N-ethyl adjacent to an activating group) is 1. The van der Waals surface area contributed by atoms with E-state index in [1.165, 1.54) is 0 Å². The molecule has 1 amide bonds. The van der Waals surface area contributed by atoms with Crippen LogP contribution in [0.5, 0.6) is 5.75 Å². The van der Waals surface area contributed by atoms with Crippen LogP contribution in [-0.2, 0) is 0 Å². The van der Waals surface area contributed by atoms with Crippen LogP contribution < -0.4 is 15.7 Å². The van der Waals surface area contributed by atoms with Crippen LogP contribution in [0.4, 0.5) is 5.69 Å². The van der Waals surface area contributed by atoms with Gasteiger partial charge in [0, 0.05) is 11.9 Å². The normalized spacial score (nSPS) is 11.0. The average Bonchev–Trinajstić information content (AvgIpc) is 2.71. The van der Waals surface area contributed by atoms with Gasteiger partial charge in [-0.25, -0.2) is 4.79 Å². The summed E-state index contributed by atoms with van der Waals surface area (Å²) in [6.07, 6.45) is 0. The van der Waals surface area contributed by atoms with E-state index in [0.29, 0.717) is 29.0 Å². The lowest BCUT2D eigenvalue weighted by Gasteiger charge is -2.19. The summed E-state index contributed by atoms with van der Waals surface area (Å²) >= 11 is 0. The second-order valence-corrected chi connectivity index (χ2v) is 6.31. The molecule has 1 heterocycles. The van der Waals surface area contributed by atoms with Gasteiger partial charge in [-0.2, -0.15) is 0 Å². The largest absolute Gasteiger partial charge is 0.490 e. The van der Waals surface area contributed by atoms with Gasteiger partial charge in [0.2, 0.25) is 0 Å². The summed E-state index contributed by atoms with van der Waals surface area (Å²) in [5.41, 5.74) is 0.247. The Morgan fingerprint density at radius 2 is 1.79 bits per heavy atom. The van der Waals surface area contributed by atoms with E-state index in [1.807, 2.05) is 12.1 Å². The molecule has 146 valence electrons. The van der Waals surface area contributed by atoms with Crippen LogP contribution in [0.2, 0.25) is 0 Å². The zero-order chi connectivity index (χ0) is 19.9. The van der Waals surface area contributed by atoms with Crippen LogP contribution in [0.25, 0.3) is 11.0 Å². The van der Waals surface area contributed by atoms with Gasteiger partial charge in [0.05, 0.1) is 5.69 Å². The van der Waals surface area contributed by atoms with Crippen molar-refractivity contribution in [1.29, 1.82) is 0 Å². The fourth-order valence-electron chi connectivity index (χ4n) is 2.93. The average molecular weight is 380 g/mol. The van der Waals surface area contributed by atoms with Gasteiger partial charge in [0.1, 0.15) is 23.5 Å². The lowest BCUT2D eigenvalue weighted by atomic mass is 10.1. The van der Waals surface area contributed by atoms with E-state index in [2.05, 4.69) is 24.1 Å². The third-order valence-electron chi connectivity index (χ3n) is 4.58. The SMILES string of the molecule is CCN(CC)CCOc1ccccc1NC(=O)c1cc2ccccc2oc1=O. The Labute approximate surface area is 163 Å². The number of benzene rings is 2. The predicted octanol–water partition coefficient (Wildman–Crippen LogP) is 3.77. The fraction of sp³-hybridized carbons (Fsp3) is 0.273. The molecule has 0 atom stereocenters. The minimum absolute atomic E-state index is 0.0448. The van der Waals surface area contributed by atoms with Crippen LogP contribution in [0.15, 0.2) is 63.8 Å². The van der Waals surface area contributed by atoms with Crippen molar-refractivity contribution in [3.05, 3.63) is 70.6 Å². The van der Waals surface area contributed by atoms with E-state index in [0.717, 1.165) is 19.6 Å². The van der Waals surface area contributed by atoms with Gasteiger partial charge in [-0.15, -0.1) is 0 Å². The van der Waals surface area contributed by atoms with Gasteiger partial charge >= 0.3 is 5.63 Å². The summed E-state index contributed by atoms with van der Waals surface area (Å²) in [4.78, 5) is 27.1. The number of rotatable bonds is 8. The third-order valence-corrected chi connectivity index (χ3v) is 4.58.